The molecule has 0 atom stereocenters. The summed E-state index contributed by atoms with van der Waals surface area (Å²) in [6, 6.07) is 3.73. The molecule has 0 saturated carbocycles. The van der Waals surface area contributed by atoms with Gasteiger partial charge in [0.1, 0.15) is 11.4 Å². The molecule has 0 aliphatic carbocycles. The molecule has 6 nitrogen and oxygen atoms in total. The third-order valence-corrected chi connectivity index (χ3v) is 4.77. The van der Waals surface area contributed by atoms with Crippen LogP contribution in [0.25, 0.3) is 0 Å². The normalized spacial score (nSPS) is 17.3. The molecule has 1 amide bonds. The monoisotopic (exact) mass is 378 g/mol. The molecule has 1 fully saturated rings. The smallest absolute Gasteiger partial charge is 0.410 e. The molecule has 1 saturated heterocycles. The Bertz CT molecular complexity index is 766. The fourth-order valence-corrected chi connectivity index (χ4v) is 3.49. The van der Waals surface area contributed by atoms with Crippen LogP contribution in [0, 0.1) is 0 Å². The highest BCUT2D eigenvalue weighted by Crippen LogP contribution is 2.41. The lowest BCUT2D eigenvalue weighted by molar-refractivity contribution is 0.0263. The number of fused-ring (bicyclic) bond motifs is 1. The summed E-state index contributed by atoms with van der Waals surface area (Å²) in [7, 11) is 0. The standard InChI is InChI=1S/C19H23ClN2O4/c1-19(2,3)26-18(24)22-8-4-7-21(9-10-22)15-5-6-16-14(17(15)20)11-13(12-23)25-16/h5-6H,4,7-11H2,1-3H3. The molecule has 140 valence electrons. The fraction of sp³-hybridized carbons (Fsp3) is 0.526. The summed E-state index contributed by atoms with van der Waals surface area (Å²) in [6.45, 7) is 8.26. The highest BCUT2D eigenvalue weighted by molar-refractivity contribution is 6.34. The molecule has 0 aromatic heterocycles. The summed E-state index contributed by atoms with van der Waals surface area (Å²) in [5.41, 5.74) is 1.21. The summed E-state index contributed by atoms with van der Waals surface area (Å²) in [6.07, 6.45) is 0.903. The lowest BCUT2D eigenvalue weighted by Gasteiger charge is -2.27. The van der Waals surface area contributed by atoms with Gasteiger partial charge in [-0.2, -0.15) is 0 Å². The molecule has 7 heteroatoms. The second-order valence-electron chi connectivity index (χ2n) is 7.49. The van der Waals surface area contributed by atoms with E-state index in [-0.39, 0.29) is 11.9 Å². The fourth-order valence-electron chi connectivity index (χ4n) is 3.15. The van der Waals surface area contributed by atoms with Crippen LogP contribution in [-0.2, 0) is 16.0 Å². The van der Waals surface area contributed by atoms with E-state index in [1.165, 1.54) is 0 Å². The zero-order valence-electron chi connectivity index (χ0n) is 15.3. The van der Waals surface area contributed by atoms with Crippen LogP contribution in [0.3, 0.4) is 0 Å². The van der Waals surface area contributed by atoms with Crippen LogP contribution in [0.4, 0.5) is 10.5 Å². The first-order valence-corrected chi connectivity index (χ1v) is 9.12. The predicted molar refractivity (Wildman–Crippen MR) is 99.6 cm³/mol. The van der Waals surface area contributed by atoms with Gasteiger partial charge in [0.05, 0.1) is 10.7 Å². The molecule has 2 aliphatic heterocycles. The van der Waals surface area contributed by atoms with Crippen LogP contribution in [0.5, 0.6) is 5.75 Å². The Morgan fingerprint density at radius 2 is 2.00 bits per heavy atom. The molecule has 2 heterocycles. The van der Waals surface area contributed by atoms with Crippen LogP contribution in [0.1, 0.15) is 32.8 Å². The van der Waals surface area contributed by atoms with Gasteiger partial charge in [0.2, 0.25) is 0 Å². The van der Waals surface area contributed by atoms with Crippen LogP contribution in [0.2, 0.25) is 5.02 Å². The van der Waals surface area contributed by atoms with Crippen molar-refractivity contribution in [3.63, 3.8) is 0 Å². The number of hydrogen-bond acceptors (Lipinski definition) is 5. The Hall–Kier alpha value is -2.17. The van der Waals surface area contributed by atoms with Gasteiger partial charge in [-0.1, -0.05) is 11.6 Å². The minimum absolute atomic E-state index is 0.256. The second kappa shape index (κ2) is 7.22. The predicted octanol–water partition coefficient (Wildman–Crippen LogP) is 3.44. The van der Waals surface area contributed by atoms with E-state index in [4.69, 9.17) is 21.1 Å². The average molecular weight is 379 g/mol. The second-order valence-corrected chi connectivity index (χ2v) is 7.87. The van der Waals surface area contributed by atoms with Crippen LogP contribution in [-0.4, -0.2) is 48.7 Å². The van der Waals surface area contributed by atoms with Crippen LogP contribution >= 0.6 is 11.6 Å². The van der Waals surface area contributed by atoms with E-state index in [2.05, 4.69) is 4.90 Å². The molecule has 2 aliphatic rings. The molecule has 0 bridgehead atoms. The molecule has 0 N–H and O–H groups in total. The minimum atomic E-state index is -0.504. The molecule has 1 aromatic carbocycles. The number of rotatable bonds is 1. The van der Waals surface area contributed by atoms with E-state index in [0.29, 0.717) is 36.8 Å². The van der Waals surface area contributed by atoms with Crippen molar-refractivity contribution in [2.24, 2.45) is 0 Å². The van der Waals surface area contributed by atoms with Crippen molar-refractivity contribution in [2.45, 2.75) is 39.2 Å². The van der Waals surface area contributed by atoms with Crippen molar-refractivity contribution in [2.75, 3.05) is 31.1 Å². The van der Waals surface area contributed by atoms with Gasteiger partial charge in [0.25, 0.3) is 0 Å². The molecular weight excluding hydrogens is 356 g/mol. The van der Waals surface area contributed by atoms with E-state index >= 15 is 0 Å². The lowest BCUT2D eigenvalue weighted by Crippen LogP contribution is -2.39. The number of ether oxygens (including phenoxy) is 2. The minimum Gasteiger partial charge on any atom is -0.449 e. The third-order valence-electron chi connectivity index (χ3n) is 4.35. The van der Waals surface area contributed by atoms with Gasteiger partial charge in [0.15, 0.2) is 11.7 Å². The molecule has 1 aromatic rings. The number of carbonyl (C=O) groups is 1. The maximum absolute atomic E-state index is 12.3. The first-order valence-electron chi connectivity index (χ1n) is 8.74. The summed E-state index contributed by atoms with van der Waals surface area (Å²) in [5.74, 6) is 2.67. The Morgan fingerprint density at radius 3 is 2.69 bits per heavy atom. The quantitative estimate of drug-likeness (QED) is 0.700. The maximum atomic E-state index is 12.3. The number of hydrogen-bond donors (Lipinski definition) is 0. The van der Waals surface area contributed by atoms with Crippen LogP contribution < -0.4 is 9.64 Å². The summed E-state index contributed by atoms with van der Waals surface area (Å²) < 4.78 is 10.9. The SMILES string of the molecule is CC(C)(C)OC(=O)N1CCCN(c2ccc3c(c2Cl)CC(=C=O)O3)CC1. The average Bonchev–Trinajstić information content (AvgIpc) is 2.84. The molecule has 3 rings (SSSR count). The highest BCUT2D eigenvalue weighted by Gasteiger charge is 2.28. The summed E-state index contributed by atoms with van der Waals surface area (Å²) in [5, 5.41) is 0.596. The topological polar surface area (TPSA) is 59.1 Å². The Balaban J connectivity index is 1.73. The largest absolute Gasteiger partial charge is 0.449 e. The maximum Gasteiger partial charge on any atom is 0.410 e. The van der Waals surface area contributed by atoms with Crippen molar-refractivity contribution in [3.8, 4) is 5.75 Å². The van der Waals surface area contributed by atoms with Gasteiger partial charge in [-0.3, -0.25) is 0 Å². The first kappa shape index (κ1) is 18.6. The summed E-state index contributed by atoms with van der Waals surface area (Å²) in [4.78, 5) is 27.0. The van der Waals surface area contributed by atoms with Crippen molar-refractivity contribution < 1.29 is 19.1 Å². The van der Waals surface area contributed by atoms with E-state index in [1.807, 2.05) is 32.9 Å². The first-order chi connectivity index (χ1) is 12.3. The molecule has 26 heavy (non-hydrogen) atoms. The molecular formula is C19H23ClN2O4. The van der Waals surface area contributed by atoms with Gasteiger partial charge < -0.3 is 19.3 Å². The van der Waals surface area contributed by atoms with E-state index in [9.17, 15) is 9.59 Å². The number of amides is 1. The van der Waals surface area contributed by atoms with Crippen LogP contribution in [0.15, 0.2) is 17.9 Å². The number of halogens is 1. The van der Waals surface area contributed by atoms with Gasteiger partial charge in [-0.25, -0.2) is 9.59 Å². The van der Waals surface area contributed by atoms with Crippen molar-refractivity contribution >= 4 is 29.3 Å². The summed E-state index contributed by atoms with van der Waals surface area (Å²) >= 11 is 6.58. The lowest BCUT2D eigenvalue weighted by atomic mass is 10.1. The number of nitrogens with zero attached hydrogens (tertiary/aromatic N) is 2. The van der Waals surface area contributed by atoms with Gasteiger partial charge in [0, 0.05) is 38.2 Å². The Morgan fingerprint density at radius 1 is 1.23 bits per heavy atom. The molecule has 0 spiro atoms. The van der Waals surface area contributed by atoms with E-state index in [1.54, 1.807) is 10.8 Å². The number of anilines is 1. The number of benzene rings is 1. The zero-order valence-corrected chi connectivity index (χ0v) is 16.1. The Labute approximate surface area is 158 Å². The van der Waals surface area contributed by atoms with Crippen molar-refractivity contribution in [1.82, 2.24) is 4.90 Å². The Kier molecular flexibility index (Phi) is 5.17. The van der Waals surface area contributed by atoms with Gasteiger partial charge in [-0.05, 0) is 39.3 Å². The van der Waals surface area contributed by atoms with E-state index < -0.39 is 5.60 Å². The zero-order chi connectivity index (χ0) is 18.9. The highest BCUT2D eigenvalue weighted by atomic mass is 35.5. The van der Waals surface area contributed by atoms with Gasteiger partial charge >= 0.3 is 6.09 Å². The molecule has 0 unspecified atom stereocenters. The van der Waals surface area contributed by atoms with Crippen molar-refractivity contribution in [3.05, 3.63) is 28.5 Å². The number of allylic oxidation sites excluding steroid dienone is 1. The third kappa shape index (κ3) is 3.97. The number of carbonyl (C=O) groups excluding carboxylic acids is 2. The van der Waals surface area contributed by atoms with E-state index in [0.717, 1.165) is 24.2 Å². The molecule has 0 radical (unpaired) electrons. The van der Waals surface area contributed by atoms with Gasteiger partial charge in [-0.15, -0.1) is 0 Å². The van der Waals surface area contributed by atoms with Crippen molar-refractivity contribution in [1.29, 1.82) is 0 Å².